The molecule has 1 saturated heterocycles. The zero-order valence-corrected chi connectivity index (χ0v) is 18.6. The molecule has 1 atom stereocenters. The Morgan fingerprint density at radius 2 is 1.73 bits per heavy atom. The second kappa shape index (κ2) is 8.52. The van der Waals surface area contributed by atoms with E-state index in [1.807, 2.05) is 61.5 Å². The number of aliphatic hydroxyl groups excluding tert-OH is 1. The van der Waals surface area contributed by atoms with Crippen molar-refractivity contribution in [3.05, 3.63) is 95.6 Å². The van der Waals surface area contributed by atoms with Crippen molar-refractivity contribution >= 4 is 44.1 Å². The molecule has 2 heterocycles. The normalized spacial score (nSPS) is 17.6. The molecule has 33 heavy (non-hydrogen) atoms. The van der Waals surface area contributed by atoms with Gasteiger partial charge in [0.15, 0.2) is 5.13 Å². The second-order valence-corrected chi connectivity index (χ2v) is 8.51. The zero-order valence-electron chi connectivity index (χ0n) is 17.8. The molecule has 0 bridgehead atoms. The van der Waals surface area contributed by atoms with Crippen molar-refractivity contribution in [1.29, 1.82) is 0 Å². The average molecular weight is 457 g/mol. The first-order chi connectivity index (χ1) is 16.1. The number of rotatable bonds is 5. The van der Waals surface area contributed by atoms with Gasteiger partial charge in [-0.25, -0.2) is 4.98 Å². The number of anilines is 1. The van der Waals surface area contributed by atoms with Gasteiger partial charge in [0, 0.05) is 5.56 Å². The summed E-state index contributed by atoms with van der Waals surface area (Å²) in [5.41, 5.74) is 1.94. The summed E-state index contributed by atoms with van der Waals surface area (Å²) >= 11 is 1.31. The number of thiazole rings is 1. The van der Waals surface area contributed by atoms with Crippen molar-refractivity contribution in [3.63, 3.8) is 0 Å². The van der Waals surface area contributed by atoms with Crippen LogP contribution in [0.4, 0.5) is 5.13 Å². The molecule has 5 rings (SSSR count). The van der Waals surface area contributed by atoms with E-state index in [1.165, 1.54) is 16.2 Å². The van der Waals surface area contributed by atoms with Gasteiger partial charge in [-0.05, 0) is 30.7 Å². The molecule has 0 unspecified atom stereocenters. The zero-order chi connectivity index (χ0) is 22.9. The summed E-state index contributed by atoms with van der Waals surface area (Å²) < 4.78 is 6.42. The maximum Gasteiger partial charge on any atom is 0.301 e. The Morgan fingerprint density at radius 1 is 1.03 bits per heavy atom. The summed E-state index contributed by atoms with van der Waals surface area (Å²) in [5, 5.41) is 11.5. The van der Waals surface area contributed by atoms with Crippen molar-refractivity contribution < 1.29 is 19.4 Å². The number of fused-ring (bicyclic) bond motifs is 1. The molecule has 3 aromatic carbocycles. The number of carbonyl (C=O) groups is 2. The number of carbonyl (C=O) groups excluding carboxylic acids is 2. The summed E-state index contributed by atoms with van der Waals surface area (Å²) in [6.45, 7) is 2.45. The molecular weight excluding hydrogens is 436 g/mol. The minimum Gasteiger partial charge on any atom is -0.507 e. The second-order valence-electron chi connectivity index (χ2n) is 7.50. The van der Waals surface area contributed by atoms with Gasteiger partial charge in [-0.1, -0.05) is 72.0 Å². The van der Waals surface area contributed by atoms with Crippen LogP contribution < -0.4 is 9.64 Å². The lowest BCUT2D eigenvalue weighted by molar-refractivity contribution is -0.132. The largest absolute Gasteiger partial charge is 0.507 e. The Balaban J connectivity index is 1.69. The van der Waals surface area contributed by atoms with Crippen LogP contribution in [-0.4, -0.2) is 28.4 Å². The van der Waals surface area contributed by atoms with Crippen molar-refractivity contribution in [2.45, 2.75) is 13.0 Å². The highest BCUT2D eigenvalue weighted by Gasteiger charge is 2.48. The van der Waals surface area contributed by atoms with Crippen LogP contribution in [0.3, 0.4) is 0 Å². The number of aromatic nitrogens is 1. The molecule has 1 N–H and O–H groups in total. The molecule has 0 aliphatic carbocycles. The molecule has 4 aromatic rings. The van der Waals surface area contributed by atoms with Gasteiger partial charge in [-0.2, -0.15) is 0 Å². The quantitative estimate of drug-likeness (QED) is 0.250. The Labute approximate surface area is 194 Å². The van der Waals surface area contributed by atoms with E-state index in [4.69, 9.17) is 4.74 Å². The summed E-state index contributed by atoms with van der Waals surface area (Å²) in [5.74, 6) is -0.944. The predicted molar refractivity (Wildman–Crippen MR) is 128 cm³/mol. The molecular formula is C26H20N2O4S. The third-order valence-corrected chi connectivity index (χ3v) is 6.49. The number of benzene rings is 3. The van der Waals surface area contributed by atoms with Gasteiger partial charge < -0.3 is 9.84 Å². The number of hydrogen-bond acceptors (Lipinski definition) is 6. The van der Waals surface area contributed by atoms with Crippen LogP contribution in [-0.2, 0) is 9.59 Å². The van der Waals surface area contributed by atoms with Gasteiger partial charge in [0.2, 0.25) is 0 Å². The Bertz CT molecular complexity index is 1380. The lowest BCUT2D eigenvalue weighted by Crippen LogP contribution is -2.29. The monoisotopic (exact) mass is 456 g/mol. The molecule has 164 valence electrons. The maximum absolute atomic E-state index is 13.3. The number of ether oxygens (including phenoxy) is 1. The molecule has 1 aliphatic heterocycles. The summed E-state index contributed by atoms with van der Waals surface area (Å²) in [6, 6.07) is 22.7. The van der Waals surface area contributed by atoms with Crippen LogP contribution in [0.1, 0.15) is 24.1 Å². The number of amides is 1. The number of aliphatic hydroxyl groups is 1. The summed E-state index contributed by atoms with van der Waals surface area (Å²) in [4.78, 5) is 32.5. The van der Waals surface area contributed by atoms with Crippen LogP contribution in [0.25, 0.3) is 16.0 Å². The molecule has 0 radical (unpaired) electrons. The fourth-order valence-electron chi connectivity index (χ4n) is 3.98. The Morgan fingerprint density at radius 3 is 2.42 bits per heavy atom. The van der Waals surface area contributed by atoms with E-state index in [2.05, 4.69) is 4.98 Å². The first-order valence-electron chi connectivity index (χ1n) is 10.5. The number of Topliss-reactive ketones (excluding diaryl/α,β-unsaturated/α-hetero) is 1. The predicted octanol–water partition coefficient (Wildman–Crippen LogP) is 5.32. The van der Waals surface area contributed by atoms with Crippen molar-refractivity contribution in [3.8, 4) is 5.75 Å². The first-order valence-corrected chi connectivity index (χ1v) is 11.3. The minimum absolute atomic E-state index is 0.0478. The molecule has 1 fully saturated rings. The summed E-state index contributed by atoms with van der Waals surface area (Å²) in [6.07, 6.45) is 0. The van der Waals surface area contributed by atoms with Gasteiger partial charge in [0.05, 0.1) is 28.4 Å². The van der Waals surface area contributed by atoms with Gasteiger partial charge in [-0.3, -0.25) is 14.5 Å². The van der Waals surface area contributed by atoms with Crippen LogP contribution in [0.5, 0.6) is 5.75 Å². The maximum atomic E-state index is 13.3. The fraction of sp³-hybridized carbons (Fsp3) is 0.115. The van der Waals surface area contributed by atoms with E-state index in [0.29, 0.717) is 34.1 Å². The number of nitrogens with zero attached hydrogens (tertiary/aromatic N) is 2. The van der Waals surface area contributed by atoms with Crippen LogP contribution >= 0.6 is 11.3 Å². The third-order valence-electron chi connectivity index (χ3n) is 5.47. The van der Waals surface area contributed by atoms with E-state index < -0.39 is 17.7 Å². The SMILES string of the molecule is CCOc1ccc2nc(N3C(=O)C(=O)/C(=C(/O)c4ccccc4)[C@@H]3c3ccccc3)sc2c1. The van der Waals surface area contributed by atoms with Crippen molar-refractivity contribution in [1.82, 2.24) is 4.98 Å². The first kappa shape index (κ1) is 20.9. The van der Waals surface area contributed by atoms with E-state index in [-0.39, 0.29) is 11.3 Å². The topological polar surface area (TPSA) is 79.7 Å². The minimum atomic E-state index is -0.793. The summed E-state index contributed by atoms with van der Waals surface area (Å²) in [7, 11) is 0. The van der Waals surface area contributed by atoms with Crippen LogP contribution in [0.15, 0.2) is 84.4 Å². The van der Waals surface area contributed by atoms with E-state index in [9.17, 15) is 14.7 Å². The number of hydrogen-bond donors (Lipinski definition) is 1. The highest BCUT2D eigenvalue weighted by molar-refractivity contribution is 7.22. The lowest BCUT2D eigenvalue weighted by atomic mass is 9.95. The van der Waals surface area contributed by atoms with Crippen LogP contribution in [0.2, 0.25) is 0 Å². The van der Waals surface area contributed by atoms with Crippen molar-refractivity contribution in [2.24, 2.45) is 0 Å². The number of ketones is 1. The van der Waals surface area contributed by atoms with E-state index in [1.54, 1.807) is 24.3 Å². The average Bonchev–Trinajstić information content (AvgIpc) is 3.38. The fourth-order valence-corrected chi connectivity index (χ4v) is 5.01. The molecule has 0 spiro atoms. The van der Waals surface area contributed by atoms with Gasteiger partial charge in [0.25, 0.3) is 5.78 Å². The van der Waals surface area contributed by atoms with Crippen molar-refractivity contribution in [2.75, 3.05) is 11.5 Å². The van der Waals surface area contributed by atoms with Gasteiger partial charge >= 0.3 is 5.91 Å². The highest BCUT2D eigenvalue weighted by Crippen LogP contribution is 2.44. The molecule has 7 heteroatoms. The van der Waals surface area contributed by atoms with Crippen LogP contribution in [0, 0.1) is 0 Å². The molecule has 1 aromatic heterocycles. The molecule has 1 amide bonds. The Hall–Kier alpha value is -3.97. The lowest BCUT2D eigenvalue weighted by Gasteiger charge is -2.22. The molecule has 0 saturated carbocycles. The molecule has 1 aliphatic rings. The smallest absolute Gasteiger partial charge is 0.301 e. The van der Waals surface area contributed by atoms with E-state index >= 15 is 0 Å². The van der Waals surface area contributed by atoms with Gasteiger partial charge in [0.1, 0.15) is 11.5 Å². The Kier molecular flexibility index (Phi) is 5.40. The standard InChI is InChI=1S/C26H20N2O4S/c1-2-32-18-13-14-19-20(15-18)33-26(27-19)28-22(16-9-5-3-6-10-16)21(24(30)25(28)31)23(29)17-11-7-4-8-12-17/h3-15,22,29H,2H2,1H3/b23-21+/t22-/m0/s1. The highest BCUT2D eigenvalue weighted by atomic mass is 32.1. The molecule has 6 nitrogen and oxygen atoms in total. The van der Waals surface area contributed by atoms with Gasteiger partial charge in [-0.15, -0.1) is 0 Å². The third kappa shape index (κ3) is 3.66. The van der Waals surface area contributed by atoms with E-state index in [0.717, 1.165) is 4.70 Å².